The summed E-state index contributed by atoms with van der Waals surface area (Å²) in [6.45, 7) is 1.69. The van der Waals surface area contributed by atoms with E-state index in [-0.39, 0.29) is 16.6 Å². The summed E-state index contributed by atoms with van der Waals surface area (Å²) in [4.78, 5) is 25.8. The number of anilines is 1. The molecule has 1 N–H and O–H groups in total. The van der Waals surface area contributed by atoms with Gasteiger partial charge in [-0.2, -0.15) is 0 Å². The first-order valence-corrected chi connectivity index (χ1v) is 15.3. The lowest BCUT2D eigenvalue weighted by molar-refractivity contribution is 0.0882. The molecule has 220 valence electrons. The maximum absolute atomic E-state index is 13.3. The summed E-state index contributed by atoms with van der Waals surface area (Å²) in [5, 5.41) is 3.82. The number of hydrogen-bond donors (Lipinski definition) is 1. The summed E-state index contributed by atoms with van der Waals surface area (Å²) in [7, 11) is 0.696. The lowest BCUT2D eigenvalue weighted by Crippen LogP contribution is -2.33. The van der Waals surface area contributed by atoms with E-state index in [1.807, 2.05) is 36.0 Å². The van der Waals surface area contributed by atoms with Crippen molar-refractivity contribution in [2.75, 3.05) is 19.5 Å². The first kappa shape index (κ1) is 29.2. The van der Waals surface area contributed by atoms with E-state index < -0.39 is 22.0 Å². The van der Waals surface area contributed by atoms with Gasteiger partial charge in [-0.3, -0.25) is 10.1 Å². The van der Waals surface area contributed by atoms with Gasteiger partial charge in [-0.15, -0.1) is 0 Å². The first-order chi connectivity index (χ1) is 20.1. The Morgan fingerprint density at radius 3 is 2.48 bits per heavy atom. The third-order valence-corrected chi connectivity index (χ3v) is 9.73. The van der Waals surface area contributed by atoms with Crippen LogP contribution in [0.15, 0.2) is 71.8 Å². The fourth-order valence-electron chi connectivity index (χ4n) is 5.51. The Labute approximate surface area is 246 Å². The molecule has 1 heterocycles. The minimum atomic E-state index is -4.04. The normalized spacial score (nSPS) is 13.7. The molecule has 4 aromatic rings. The van der Waals surface area contributed by atoms with Crippen molar-refractivity contribution in [3.05, 3.63) is 89.1 Å². The molecular formula is C32H35N3O6S. The zero-order chi connectivity index (χ0) is 30.0. The van der Waals surface area contributed by atoms with Crippen LogP contribution in [0.2, 0.25) is 0 Å². The zero-order valence-electron chi connectivity index (χ0n) is 24.2. The van der Waals surface area contributed by atoms with Crippen LogP contribution in [0.4, 0.5) is 10.5 Å². The van der Waals surface area contributed by atoms with Crippen LogP contribution in [0, 0.1) is 6.92 Å². The molecule has 42 heavy (non-hydrogen) atoms. The highest BCUT2D eigenvalue weighted by Gasteiger charge is 2.28. The Morgan fingerprint density at radius 1 is 1.02 bits per heavy atom. The second-order valence-corrected chi connectivity index (χ2v) is 12.6. The molecule has 1 aliphatic rings. The van der Waals surface area contributed by atoms with Gasteiger partial charge in [-0.1, -0.05) is 24.3 Å². The Bertz CT molecular complexity index is 1760. The van der Waals surface area contributed by atoms with E-state index in [9.17, 15) is 18.0 Å². The Balaban J connectivity index is 1.37. The molecule has 0 spiro atoms. The molecule has 1 aromatic heterocycles. The maximum atomic E-state index is 13.3. The number of carbonyl (C=O) groups is 2. The summed E-state index contributed by atoms with van der Waals surface area (Å²) in [5.41, 5.74) is 4.21. The van der Waals surface area contributed by atoms with Crippen molar-refractivity contribution in [2.24, 2.45) is 7.05 Å². The number of ether oxygens (including phenoxy) is 2. The molecule has 0 atom stereocenters. The number of aryl methyl sites for hydroxylation is 2. The molecular weight excluding hydrogens is 554 g/mol. The molecule has 0 bridgehead atoms. The largest absolute Gasteiger partial charge is 0.496 e. The van der Waals surface area contributed by atoms with E-state index in [0.717, 1.165) is 52.0 Å². The van der Waals surface area contributed by atoms with Crippen molar-refractivity contribution in [1.82, 2.24) is 8.87 Å². The molecule has 0 unspecified atom stereocenters. The van der Waals surface area contributed by atoms with Crippen LogP contribution in [-0.2, 0) is 28.2 Å². The van der Waals surface area contributed by atoms with E-state index in [1.165, 1.54) is 20.2 Å². The van der Waals surface area contributed by atoms with Crippen LogP contribution in [0.3, 0.4) is 0 Å². The van der Waals surface area contributed by atoms with Crippen molar-refractivity contribution < 1.29 is 27.5 Å². The average molecular weight is 590 g/mol. The fourth-order valence-corrected chi connectivity index (χ4v) is 6.85. The van der Waals surface area contributed by atoms with Crippen LogP contribution in [0.25, 0.3) is 10.9 Å². The number of fused-ring (bicyclic) bond motifs is 1. The molecule has 0 saturated heterocycles. The van der Waals surface area contributed by atoms with Gasteiger partial charge in [-0.05, 0) is 85.7 Å². The van der Waals surface area contributed by atoms with Crippen LogP contribution in [0.5, 0.6) is 5.75 Å². The quantitative estimate of drug-likeness (QED) is 0.269. The van der Waals surface area contributed by atoms with Gasteiger partial charge in [0, 0.05) is 48.9 Å². The first-order valence-electron chi connectivity index (χ1n) is 13.9. The van der Waals surface area contributed by atoms with E-state index in [0.29, 0.717) is 23.4 Å². The molecule has 9 nitrogen and oxygen atoms in total. The van der Waals surface area contributed by atoms with E-state index in [4.69, 9.17) is 9.47 Å². The number of amides is 2. The summed E-state index contributed by atoms with van der Waals surface area (Å²) in [6.07, 6.45) is 6.01. The highest BCUT2D eigenvalue weighted by atomic mass is 32.2. The molecule has 5 rings (SSSR count). The molecule has 0 radical (unpaired) electrons. The van der Waals surface area contributed by atoms with Crippen LogP contribution >= 0.6 is 0 Å². The van der Waals surface area contributed by atoms with Gasteiger partial charge < -0.3 is 14.0 Å². The molecule has 1 fully saturated rings. The number of hydrogen-bond acceptors (Lipinski definition) is 6. The minimum absolute atomic E-state index is 0.0225. The van der Waals surface area contributed by atoms with Gasteiger partial charge in [0.25, 0.3) is 15.9 Å². The fraction of sp³-hybridized carbons (Fsp3) is 0.312. The number of sulfonamides is 1. The molecule has 10 heteroatoms. The third kappa shape index (κ3) is 5.85. The summed E-state index contributed by atoms with van der Waals surface area (Å²) < 4.78 is 40.3. The monoisotopic (exact) mass is 589 g/mol. The van der Waals surface area contributed by atoms with Crippen molar-refractivity contribution in [3.63, 3.8) is 0 Å². The molecule has 0 aliphatic heterocycles. The van der Waals surface area contributed by atoms with Crippen molar-refractivity contribution in [3.8, 4) is 5.75 Å². The summed E-state index contributed by atoms with van der Waals surface area (Å²) in [6, 6.07) is 17.2. The van der Waals surface area contributed by atoms with Crippen molar-refractivity contribution >= 4 is 38.6 Å². The Hall–Kier alpha value is -4.31. The van der Waals surface area contributed by atoms with Gasteiger partial charge in [0.05, 0.1) is 12.0 Å². The lowest BCUT2D eigenvalue weighted by atomic mass is 10.0. The standard InChI is InChI=1S/C32H35N3O6S/c1-21-9-5-8-12-30(21)42(38,39)35(3)31(36)23-14-13-22(29(18-23)40-4)17-24-20-34(2)28-16-15-25(19-27(24)28)33-32(37)41-26-10-6-7-11-26/h5,8-9,12-16,18-20,26H,6-7,10-11,17H2,1-4H3,(H,33,37). The van der Waals surface area contributed by atoms with Crippen LogP contribution in [0.1, 0.15) is 52.7 Å². The predicted molar refractivity (Wildman–Crippen MR) is 162 cm³/mol. The van der Waals surface area contributed by atoms with Crippen molar-refractivity contribution in [1.29, 1.82) is 0 Å². The molecule has 1 saturated carbocycles. The molecule has 1 aliphatic carbocycles. The number of aromatic nitrogens is 1. The Morgan fingerprint density at radius 2 is 1.76 bits per heavy atom. The van der Waals surface area contributed by atoms with Gasteiger partial charge in [0.15, 0.2) is 0 Å². The zero-order valence-corrected chi connectivity index (χ0v) is 25.0. The summed E-state index contributed by atoms with van der Waals surface area (Å²) in [5.74, 6) is -0.192. The number of carbonyl (C=O) groups excluding carboxylic acids is 2. The highest BCUT2D eigenvalue weighted by Crippen LogP contribution is 2.31. The number of nitrogens with one attached hydrogen (secondary N) is 1. The van der Waals surface area contributed by atoms with Gasteiger partial charge in [0.1, 0.15) is 11.9 Å². The highest BCUT2D eigenvalue weighted by molar-refractivity contribution is 7.89. The van der Waals surface area contributed by atoms with Gasteiger partial charge in [-0.25, -0.2) is 17.5 Å². The third-order valence-electron chi connectivity index (χ3n) is 7.83. The van der Waals surface area contributed by atoms with Crippen LogP contribution < -0.4 is 10.1 Å². The SMILES string of the molecule is COc1cc(C(=O)N(C)S(=O)(=O)c2ccccc2C)ccc1Cc1cn(C)c2ccc(NC(=O)OC3CCCC3)cc12. The maximum Gasteiger partial charge on any atom is 0.411 e. The second-order valence-electron chi connectivity index (χ2n) is 10.7. The minimum Gasteiger partial charge on any atom is -0.496 e. The second kappa shape index (κ2) is 11.9. The van der Waals surface area contributed by atoms with Gasteiger partial charge in [0.2, 0.25) is 0 Å². The van der Waals surface area contributed by atoms with E-state index >= 15 is 0 Å². The Kier molecular flexibility index (Phi) is 8.27. The van der Waals surface area contributed by atoms with Gasteiger partial charge >= 0.3 is 6.09 Å². The van der Waals surface area contributed by atoms with E-state index in [2.05, 4.69) is 5.32 Å². The van der Waals surface area contributed by atoms with E-state index in [1.54, 1.807) is 43.3 Å². The number of rotatable bonds is 8. The summed E-state index contributed by atoms with van der Waals surface area (Å²) >= 11 is 0. The number of nitrogens with zero attached hydrogens (tertiary/aromatic N) is 2. The van der Waals surface area contributed by atoms with Crippen molar-refractivity contribution in [2.45, 2.75) is 50.0 Å². The number of benzene rings is 3. The predicted octanol–water partition coefficient (Wildman–Crippen LogP) is 6.04. The van der Waals surface area contributed by atoms with Crippen LogP contribution in [-0.4, -0.2) is 49.6 Å². The lowest BCUT2D eigenvalue weighted by Gasteiger charge is -2.19. The molecule has 3 aromatic carbocycles. The topological polar surface area (TPSA) is 107 Å². The smallest absolute Gasteiger partial charge is 0.411 e. The molecule has 2 amide bonds. The number of methoxy groups -OCH3 is 1. The average Bonchev–Trinajstić information content (AvgIpc) is 3.59.